The maximum Gasteiger partial charge on any atom is 0.0897 e. The maximum atomic E-state index is 5.65. The molecule has 0 saturated carbocycles. The summed E-state index contributed by atoms with van der Waals surface area (Å²) in [4.78, 5) is 4.44. The first-order valence-electron chi connectivity index (χ1n) is 6.20. The van der Waals surface area contributed by atoms with E-state index in [1.165, 1.54) is 11.3 Å². The van der Waals surface area contributed by atoms with E-state index in [-0.39, 0.29) is 0 Å². The van der Waals surface area contributed by atoms with Gasteiger partial charge in [0.25, 0.3) is 0 Å². The molecule has 1 aromatic heterocycles. The van der Waals surface area contributed by atoms with Gasteiger partial charge >= 0.3 is 0 Å². The second kappa shape index (κ2) is 6.52. The molecule has 3 N–H and O–H groups in total. The lowest BCUT2D eigenvalue weighted by Gasteiger charge is -2.04. The van der Waals surface area contributed by atoms with E-state index in [1.54, 1.807) is 11.3 Å². The lowest BCUT2D eigenvalue weighted by atomic mass is 10.1. The molecule has 0 aliphatic heterocycles. The monoisotopic (exact) mass is 261 g/mol. The van der Waals surface area contributed by atoms with Crippen molar-refractivity contribution >= 4 is 17.0 Å². The van der Waals surface area contributed by atoms with E-state index in [2.05, 4.69) is 27.8 Å². The minimum atomic E-state index is 0.825. The van der Waals surface area contributed by atoms with Crippen molar-refractivity contribution in [2.45, 2.75) is 19.8 Å². The molecule has 0 spiro atoms. The molecule has 0 radical (unpaired) electrons. The molecule has 0 atom stereocenters. The summed E-state index contributed by atoms with van der Waals surface area (Å²) in [6.45, 7) is 4.02. The minimum Gasteiger partial charge on any atom is -0.399 e. The standard InChI is InChI=1S/C14H19N3S/c1-11-17-14(10-18-11)7-9-16-8-6-12-2-4-13(15)5-3-12/h2-5,10,16H,6-9,15H2,1H3. The van der Waals surface area contributed by atoms with Gasteiger partial charge < -0.3 is 11.1 Å². The number of nitrogens with zero attached hydrogens (tertiary/aromatic N) is 1. The van der Waals surface area contributed by atoms with Crippen LogP contribution in [-0.4, -0.2) is 18.1 Å². The van der Waals surface area contributed by atoms with Crippen LogP contribution in [0.15, 0.2) is 29.6 Å². The number of benzene rings is 1. The summed E-state index contributed by atoms with van der Waals surface area (Å²) < 4.78 is 0. The van der Waals surface area contributed by atoms with Gasteiger partial charge in [0.05, 0.1) is 10.7 Å². The second-order valence-electron chi connectivity index (χ2n) is 4.35. The predicted octanol–water partition coefficient (Wildman–Crippen LogP) is 2.41. The van der Waals surface area contributed by atoms with Gasteiger partial charge in [-0.25, -0.2) is 4.98 Å². The number of aromatic nitrogens is 1. The van der Waals surface area contributed by atoms with Crippen LogP contribution in [0.5, 0.6) is 0 Å². The third-order valence-corrected chi connectivity index (χ3v) is 3.62. The lowest BCUT2D eigenvalue weighted by molar-refractivity contribution is 0.676. The SMILES string of the molecule is Cc1nc(CCNCCc2ccc(N)cc2)cs1. The molecule has 2 aromatic rings. The number of nitrogens with two attached hydrogens (primary N) is 1. The summed E-state index contributed by atoms with van der Waals surface area (Å²) in [6, 6.07) is 8.07. The molecule has 1 aromatic carbocycles. The molecule has 1 heterocycles. The van der Waals surface area contributed by atoms with Crippen LogP contribution in [0.4, 0.5) is 5.69 Å². The number of rotatable bonds is 6. The Bertz CT molecular complexity index is 476. The normalized spacial score (nSPS) is 10.7. The van der Waals surface area contributed by atoms with Gasteiger partial charge in [0.2, 0.25) is 0 Å². The zero-order chi connectivity index (χ0) is 12.8. The fourth-order valence-electron chi connectivity index (χ4n) is 1.78. The van der Waals surface area contributed by atoms with Gasteiger partial charge in [-0.15, -0.1) is 11.3 Å². The number of hydrogen-bond acceptors (Lipinski definition) is 4. The van der Waals surface area contributed by atoms with E-state index in [0.717, 1.165) is 36.6 Å². The third kappa shape index (κ3) is 4.13. The molecule has 0 aliphatic rings. The zero-order valence-corrected chi connectivity index (χ0v) is 11.5. The van der Waals surface area contributed by atoms with Crippen LogP contribution in [0, 0.1) is 6.92 Å². The van der Waals surface area contributed by atoms with Crippen LogP contribution in [0.2, 0.25) is 0 Å². The molecule has 4 heteroatoms. The molecule has 96 valence electrons. The quantitative estimate of drug-likeness (QED) is 0.620. The smallest absolute Gasteiger partial charge is 0.0897 e. The molecule has 0 aliphatic carbocycles. The average molecular weight is 261 g/mol. The number of hydrogen-bond donors (Lipinski definition) is 2. The number of anilines is 1. The van der Waals surface area contributed by atoms with Crippen molar-refractivity contribution in [1.29, 1.82) is 0 Å². The summed E-state index contributed by atoms with van der Waals surface area (Å²) in [5, 5.41) is 6.72. The molecule has 2 rings (SSSR count). The van der Waals surface area contributed by atoms with Gasteiger partial charge in [0.1, 0.15) is 0 Å². The Kier molecular flexibility index (Phi) is 4.73. The van der Waals surface area contributed by atoms with Crippen LogP contribution in [-0.2, 0) is 12.8 Å². The number of aryl methyl sites for hydroxylation is 1. The highest BCUT2D eigenvalue weighted by Gasteiger charge is 1.98. The van der Waals surface area contributed by atoms with Crippen LogP contribution in [0.3, 0.4) is 0 Å². The highest BCUT2D eigenvalue weighted by molar-refractivity contribution is 7.09. The second-order valence-corrected chi connectivity index (χ2v) is 5.41. The van der Waals surface area contributed by atoms with E-state index in [9.17, 15) is 0 Å². The molecular weight excluding hydrogens is 242 g/mol. The first-order chi connectivity index (χ1) is 8.74. The Morgan fingerprint density at radius 2 is 1.89 bits per heavy atom. The predicted molar refractivity (Wildman–Crippen MR) is 78.0 cm³/mol. The zero-order valence-electron chi connectivity index (χ0n) is 10.6. The number of nitrogens with one attached hydrogen (secondary N) is 1. The van der Waals surface area contributed by atoms with Crippen molar-refractivity contribution in [3.05, 3.63) is 45.9 Å². The van der Waals surface area contributed by atoms with E-state index >= 15 is 0 Å². The van der Waals surface area contributed by atoms with Gasteiger partial charge in [0.15, 0.2) is 0 Å². The van der Waals surface area contributed by atoms with Crippen LogP contribution >= 0.6 is 11.3 Å². The van der Waals surface area contributed by atoms with Crippen LogP contribution in [0.1, 0.15) is 16.3 Å². The molecular formula is C14H19N3S. The van der Waals surface area contributed by atoms with Gasteiger partial charge in [-0.2, -0.15) is 0 Å². The lowest BCUT2D eigenvalue weighted by Crippen LogP contribution is -2.20. The van der Waals surface area contributed by atoms with Crippen LogP contribution in [0.25, 0.3) is 0 Å². The maximum absolute atomic E-state index is 5.65. The Labute approximate surface area is 112 Å². The largest absolute Gasteiger partial charge is 0.399 e. The highest BCUT2D eigenvalue weighted by atomic mass is 32.1. The van der Waals surface area contributed by atoms with E-state index in [4.69, 9.17) is 5.73 Å². The van der Waals surface area contributed by atoms with Gasteiger partial charge in [0, 0.05) is 24.0 Å². The van der Waals surface area contributed by atoms with E-state index < -0.39 is 0 Å². The summed E-state index contributed by atoms with van der Waals surface area (Å²) >= 11 is 1.72. The molecule has 0 amide bonds. The third-order valence-electron chi connectivity index (χ3n) is 2.79. The van der Waals surface area contributed by atoms with E-state index in [1.807, 2.05) is 19.1 Å². The summed E-state index contributed by atoms with van der Waals surface area (Å²) in [5.74, 6) is 0. The Balaban J connectivity index is 1.63. The van der Waals surface area contributed by atoms with Crippen molar-refractivity contribution < 1.29 is 0 Å². The first-order valence-corrected chi connectivity index (χ1v) is 7.08. The fraction of sp³-hybridized carbons (Fsp3) is 0.357. The Morgan fingerprint density at radius 3 is 2.56 bits per heavy atom. The summed E-state index contributed by atoms with van der Waals surface area (Å²) in [5.41, 5.74) is 8.99. The van der Waals surface area contributed by atoms with Gasteiger partial charge in [-0.3, -0.25) is 0 Å². The van der Waals surface area contributed by atoms with E-state index in [0.29, 0.717) is 0 Å². The summed E-state index contributed by atoms with van der Waals surface area (Å²) in [7, 11) is 0. The van der Waals surface area contributed by atoms with Crippen molar-refractivity contribution in [2.75, 3.05) is 18.8 Å². The minimum absolute atomic E-state index is 0.825. The highest BCUT2D eigenvalue weighted by Crippen LogP contribution is 2.08. The number of thiazole rings is 1. The average Bonchev–Trinajstić information content (AvgIpc) is 2.77. The molecule has 0 bridgehead atoms. The fourth-order valence-corrected chi connectivity index (χ4v) is 2.43. The molecule has 3 nitrogen and oxygen atoms in total. The summed E-state index contributed by atoms with van der Waals surface area (Å²) in [6.07, 6.45) is 2.04. The Hall–Kier alpha value is -1.39. The Morgan fingerprint density at radius 1 is 1.17 bits per heavy atom. The number of nitrogen functional groups attached to an aromatic ring is 1. The molecule has 0 unspecified atom stereocenters. The first kappa shape index (κ1) is 13.1. The molecule has 0 saturated heterocycles. The van der Waals surface area contributed by atoms with Crippen molar-refractivity contribution in [1.82, 2.24) is 10.3 Å². The van der Waals surface area contributed by atoms with Gasteiger partial charge in [-0.1, -0.05) is 12.1 Å². The molecule has 18 heavy (non-hydrogen) atoms. The molecule has 0 fully saturated rings. The topological polar surface area (TPSA) is 50.9 Å². The van der Waals surface area contributed by atoms with Crippen molar-refractivity contribution in [3.63, 3.8) is 0 Å². The van der Waals surface area contributed by atoms with Crippen molar-refractivity contribution in [2.24, 2.45) is 0 Å². The van der Waals surface area contributed by atoms with Crippen LogP contribution < -0.4 is 11.1 Å². The van der Waals surface area contributed by atoms with Gasteiger partial charge in [-0.05, 0) is 37.6 Å². The van der Waals surface area contributed by atoms with Crippen molar-refractivity contribution in [3.8, 4) is 0 Å².